The van der Waals surface area contributed by atoms with Crippen molar-refractivity contribution in [3.05, 3.63) is 12.3 Å². The number of carboxylic acid groups (broad SMARTS) is 3. The van der Waals surface area contributed by atoms with Gasteiger partial charge < -0.3 is 20.1 Å². The second-order valence-electron chi connectivity index (χ2n) is 9.11. The molecule has 3 unspecified atom stereocenters. The molecule has 0 aliphatic carbocycles. The molecule has 0 rings (SSSR count). The van der Waals surface area contributed by atoms with Gasteiger partial charge in [0, 0.05) is 11.9 Å². The van der Waals surface area contributed by atoms with Crippen LogP contribution < -0.4 is 5.11 Å². The van der Waals surface area contributed by atoms with Gasteiger partial charge in [0.15, 0.2) is 0 Å². The molecule has 0 heterocycles. The summed E-state index contributed by atoms with van der Waals surface area (Å²) in [6.07, 6.45) is 14.2. The lowest BCUT2D eigenvalue weighted by molar-refractivity contribution is -0.886. The molecule has 3 atom stereocenters. The maximum atomic E-state index is 11.5. The van der Waals surface area contributed by atoms with E-state index in [1.165, 1.54) is 45.4 Å². The molecule has 2 N–H and O–H groups in total. The Morgan fingerprint density at radius 3 is 1.61 bits per heavy atom. The van der Waals surface area contributed by atoms with Crippen molar-refractivity contribution >= 4 is 17.9 Å². The quantitative estimate of drug-likeness (QED) is 0.233. The number of allylic oxidation sites excluding steroid dienone is 1. The Bertz CT molecular complexity index is 519. The van der Waals surface area contributed by atoms with Crippen molar-refractivity contribution in [2.45, 2.75) is 85.5 Å². The Morgan fingerprint density at radius 1 is 0.774 bits per heavy atom. The molecule has 0 radical (unpaired) electrons. The van der Waals surface area contributed by atoms with E-state index in [-0.39, 0.29) is 24.1 Å². The highest BCUT2D eigenvalue weighted by molar-refractivity contribution is 5.70. The third-order valence-corrected chi connectivity index (χ3v) is 5.80. The maximum Gasteiger partial charge on any atom is 0.311 e. The van der Waals surface area contributed by atoms with E-state index in [2.05, 4.69) is 6.92 Å². The third-order valence-electron chi connectivity index (χ3n) is 5.80. The van der Waals surface area contributed by atoms with E-state index in [1.807, 2.05) is 12.3 Å². The van der Waals surface area contributed by atoms with Crippen LogP contribution in [0.3, 0.4) is 0 Å². The predicted molar refractivity (Wildman–Crippen MR) is 119 cm³/mol. The summed E-state index contributed by atoms with van der Waals surface area (Å²) in [4.78, 5) is 34.3. The van der Waals surface area contributed by atoms with E-state index in [9.17, 15) is 29.7 Å². The van der Waals surface area contributed by atoms with Gasteiger partial charge in [-0.25, -0.2) is 0 Å². The number of carbonyl (C=O) groups is 3. The molecule has 0 bridgehead atoms. The molecule has 180 valence electrons. The molecular weight excluding hydrogens is 398 g/mol. The molecule has 0 fully saturated rings. The smallest absolute Gasteiger partial charge is 0.311 e. The van der Waals surface area contributed by atoms with Crippen LogP contribution in [0.4, 0.5) is 0 Å². The lowest BCUT2D eigenvalue weighted by atomic mass is 10.0. The molecule has 7 heteroatoms. The zero-order valence-electron chi connectivity index (χ0n) is 19.8. The van der Waals surface area contributed by atoms with Crippen LogP contribution in [0.25, 0.3) is 0 Å². The minimum Gasteiger partial charge on any atom is -0.550 e. The van der Waals surface area contributed by atoms with Crippen molar-refractivity contribution in [2.75, 3.05) is 19.6 Å². The average molecular weight is 442 g/mol. The zero-order chi connectivity index (χ0) is 23.9. The molecule has 0 amide bonds. The van der Waals surface area contributed by atoms with Crippen molar-refractivity contribution < 1.29 is 34.2 Å². The van der Waals surface area contributed by atoms with Crippen LogP contribution in [0.15, 0.2) is 12.3 Å². The number of aliphatic carboxylic acids is 3. The normalized spacial score (nSPS) is 16.5. The lowest BCUT2D eigenvalue weighted by Gasteiger charge is -2.39. The van der Waals surface area contributed by atoms with Crippen molar-refractivity contribution in [1.82, 2.24) is 0 Å². The Hall–Kier alpha value is -1.89. The number of hydrogen-bond acceptors (Lipinski definition) is 4. The summed E-state index contributed by atoms with van der Waals surface area (Å²) >= 11 is 0. The standard InChI is InChI=1S/C24H43NO6/c1-5-6-7-8-9-10-11-12-13-14-15-25(16-19(2)22(26)27,17-20(3)23(28)29)18-21(4)24(30)31/h14-15,19-21H,5-13,16-18H2,1-4H3,(H2-,26,27,28,29,30,31)/b15-14+. The first-order chi connectivity index (χ1) is 14.5. The molecule has 31 heavy (non-hydrogen) atoms. The predicted octanol–water partition coefficient (Wildman–Crippen LogP) is 3.68. The second kappa shape index (κ2) is 15.8. The van der Waals surface area contributed by atoms with Gasteiger partial charge in [0.25, 0.3) is 0 Å². The van der Waals surface area contributed by atoms with Gasteiger partial charge in [-0.3, -0.25) is 14.1 Å². The summed E-state index contributed by atoms with van der Waals surface area (Å²) in [6.45, 7) is 7.23. The molecule has 0 spiro atoms. The Kier molecular flexibility index (Phi) is 14.9. The van der Waals surface area contributed by atoms with Crippen LogP contribution in [-0.4, -0.2) is 52.2 Å². The fourth-order valence-electron chi connectivity index (χ4n) is 3.97. The van der Waals surface area contributed by atoms with E-state index < -0.39 is 35.7 Å². The summed E-state index contributed by atoms with van der Waals surface area (Å²) in [5.41, 5.74) is 0. The Labute approximate surface area is 187 Å². The molecule has 0 aromatic rings. The first-order valence-electron chi connectivity index (χ1n) is 11.7. The highest BCUT2D eigenvalue weighted by atomic mass is 16.4. The summed E-state index contributed by atoms with van der Waals surface area (Å²) < 4.78 is 0.00704. The molecule has 0 aliphatic rings. The topological polar surface area (TPSA) is 115 Å². The summed E-state index contributed by atoms with van der Waals surface area (Å²) in [6, 6.07) is 0. The first-order valence-corrected chi connectivity index (χ1v) is 11.7. The van der Waals surface area contributed by atoms with Crippen LogP contribution in [0.2, 0.25) is 0 Å². The number of quaternary nitrogens is 1. The van der Waals surface area contributed by atoms with Crippen molar-refractivity contribution in [3.63, 3.8) is 0 Å². The number of carboxylic acids is 3. The van der Waals surface area contributed by atoms with Gasteiger partial charge in [0.1, 0.15) is 11.8 Å². The highest BCUT2D eigenvalue weighted by Gasteiger charge is 2.35. The second-order valence-corrected chi connectivity index (χ2v) is 9.11. The summed E-state index contributed by atoms with van der Waals surface area (Å²) in [5.74, 6) is -5.48. The fraction of sp³-hybridized carbons (Fsp3) is 0.792. The van der Waals surface area contributed by atoms with Gasteiger partial charge in [-0.1, -0.05) is 58.8 Å². The van der Waals surface area contributed by atoms with Crippen LogP contribution in [0.5, 0.6) is 0 Å². The largest absolute Gasteiger partial charge is 0.550 e. The summed E-state index contributed by atoms with van der Waals surface area (Å²) in [5, 5.41) is 30.2. The molecular formula is C24H43NO6. The average Bonchev–Trinajstić information content (AvgIpc) is 2.68. The number of carbonyl (C=O) groups excluding carboxylic acids is 1. The molecule has 0 saturated carbocycles. The van der Waals surface area contributed by atoms with Gasteiger partial charge in [0.2, 0.25) is 0 Å². The van der Waals surface area contributed by atoms with E-state index in [0.717, 1.165) is 19.3 Å². The van der Waals surface area contributed by atoms with Crippen LogP contribution >= 0.6 is 0 Å². The Morgan fingerprint density at radius 2 is 1.19 bits per heavy atom. The van der Waals surface area contributed by atoms with Crippen LogP contribution in [-0.2, 0) is 14.4 Å². The van der Waals surface area contributed by atoms with E-state index >= 15 is 0 Å². The highest BCUT2D eigenvalue weighted by Crippen LogP contribution is 2.21. The van der Waals surface area contributed by atoms with Crippen molar-refractivity contribution in [3.8, 4) is 0 Å². The first kappa shape index (κ1) is 29.1. The molecule has 7 nitrogen and oxygen atoms in total. The third kappa shape index (κ3) is 13.2. The number of nitrogens with zero attached hydrogens (tertiary/aromatic N) is 1. The van der Waals surface area contributed by atoms with Gasteiger partial charge in [-0.2, -0.15) is 0 Å². The van der Waals surface area contributed by atoms with Crippen LogP contribution in [0, 0.1) is 17.8 Å². The van der Waals surface area contributed by atoms with Crippen molar-refractivity contribution in [2.24, 2.45) is 17.8 Å². The zero-order valence-corrected chi connectivity index (χ0v) is 19.8. The van der Waals surface area contributed by atoms with Gasteiger partial charge in [-0.15, -0.1) is 0 Å². The number of hydrogen-bond donors (Lipinski definition) is 2. The molecule has 0 aromatic carbocycles. The number of rotatable bonds is 19. The minimum absolute atomic E-state index is 0.00704. The SMILES string of the molecule is CCCCCCCCCC/C=C/[N+](CC(C)C(=O)[O-])(CC(C)C(=O)O)CC(C)C(=O)O. The lowest BCUT2D eigenvalue weighted by Crippen LogP contribution is -2.54. The van der Waals surface area contributed by atoms with E-state index in [0.29, 0.717) is 0 Å². The monoisotopic (exact) mass is 441 g/mol. The molecule has 0 aromatic heterocycles. The van der Waals surface area contributed by atoms with Gasteiger partial charge in [0.05, 0.1) is 25.8 Å². The minimum atomic E-state index is -1.22. The maximum absolute atomic E-state index is 11.5. The van der Waals surface area contributed by atoms with Crippen LogP contribution in [0.1, 0.15) is 85.5 Å². The molecule has 0 saturated heterocycles. The van der Waals surface area contributed by atoms with E-state index in [4.69, 9.17) is 0 Å². The van der Waals surface area contributed by atoms with Gasteiger partial charge in [-0.05, 0) is 32.8 Å². The van der Waals surface area contributed by atoms with E-state index in [1.54, 1.807) is 13.8 Å². The van der Waals surface area contributed by atoms with Gasteiger partial charge >= 0.3 is 11.9 Å². The summed E-state index contributed by atoms with van der Waals surface area (Å²) in [7, 11) is 0. The Balaban J connectivity index is 5.18. The molecule has 0 aliphatic heterocycles. The fourth-order valence-corrected chi connectivity index (χ4v) is 3.97. The van der Waals surface area contributed by atoms with Crippen molar-refractivity contribution in [1.29, 1.82) is 0 Å². The number of unbranched alkanes of at least 4 members (excludes halogenated alkanes) is 8.